The van der Waals surface area contributed by atoms with Crippen molar-refractivity contribution in [3.05, 3.63) is 47.3 Å². The third-order valence-corrected chi connectivity index (χ3v) is 4.84. The van der Waals surface area contributed by atoms with Crippen LogP contribution in [0, 0.1) is 12.8 Å². The van der Waals surface area contributed by atoms with E-state index in [1.54, 1.807) is 32.0 Å². The Morgan fingerprint density at radius 3 is 2.72 bits per heavy atom. The Labute approximate surface area is 166 Å². The van der Waals surface area contributed by atoms with Crippen molar-refractivity contribution in [2.45, 2.75) is 32.9 Å². The molecule has 2 aromatic rings. The summed E-state index contributed by atoms with van der Waals surface area (Å²) in [7, 11) is 0. The van der Waals surface area contributed by atoms with Gasteiger partial charge in [0.15, 0.2) is 5.69 Å². The van der Waals surface area contributed by atoms with Gasteiger partial charge in [0.05, 0.1) is 30.0 Å². The van der Waals surface area contributed by atoms with Gasteiger partial charge in [-0.3, -0.25) is 9.59 Å². The average molecular weight is 409 g/mol. The number of esters is 1. The maximum Gasteiger partial charge on any atom is 0.434 e. The number of hydrogen-bond acceptors (Lipinski definition) is 4. The molecule has 0 unspecified atom stereocenters. The van der Waals surface area contributed by atoms with Gasteiger partial charge < -0.3 is 9.64 Å². The van der Waals surface area contributed by atoms with Crippen LogP contribution in [0.4, 0.5) is 13.2 Å². The molecule has 1 aromatic carbocycles. The lowest BCUT2D eigenvalue weighted by Gasteiger charge is -2.31. The summed E-state index contributed by atoms with van der Waals surface area (Å²) in [5.74, 6) is -1.75. The first-order valence-electron chi connectivity index (χ1n) is 9.40. The number of ether oxygens (including phenoxy) is 1. The summed E-state index contributed by atoms with van der Waals surface area (Å²) in [5, 5.41) is 3.85. The fourth-order valence-corrected chi connectivity index (χ4v) is 3.52. The molecule has 9 heteroatoms. The molecule has 156 valence electrons. The van der Waals surface area contributed by atoms with E-state index in [2.05, 4.69) is 5.10 Å². The van der Waals surface area contributed by atoms with Crippen LogP contribution in [-0.4, -0.2) is 46.3 Å². The molecule has 1 atom stereocenters. The number of carbonyl (C=O) groups is 2. The molecular formula is C20H22F3N3O3. The molecule has 0 spiro atoms. The van der Waals surface area contributed by atoms with Crippen LogP contribution in [0.2, 0.25) is 0 Å². The number of hydrogen-bond donors (Lipinski definition) is 0. The lowest BCUT2D eigenvalue weighted by molar-refractivity contribution is -0.149. The van der Waals surface area contributed by atoms with Crippen LogP contribution in [0.5, 0.6) is 0 Å². The van der Waals surface area contributed by atoms with Crippen molar-refractivity contribution in [2.24, 2.45) is 5.92 Å². The molecule has 0 bridgehead atoms. The highest BCUT2D eigenvalue weighted by Crippen LogP contribution is 2.35. The minimum absolute atomic E-state index is 0.0323. The van der Waals surface area contributed by atoms with Gasteiger partial charge in [-0.2, -0.15) is 18.3 Å². The number of likely N-dealkylation sites (tertiary alicyclic amines) is 1. The molecule has 0 aliphatic carbocycles. The first kappa shape index (κ1) is 20.9. The van der Waals surface area contributed by atoms with Gasteiger partial charge in [0.2, 0.25) is 0 Å². The maximum absolute atomic E-state index is 13.9. The molecule has 1 aromatic heterocycles. The van der Waals surface area contributed by atoms with Crippen LogP contribution in [0.3, 0.4) is 0 Å². The first-order valence-corrected chi connectivity index (χ1v) is 9.40. The summed E-state index contributed by atoms with van der Waals surface area (Å²) in [4.78, 5) is 26.2. The van der Waals surface area contributed by atoms with Crippen molar-refractivity contribution in [2.75, 3.05) is 19.7 Å². The van der Waals surface area contributed by atoms with Crippen molar-refractivity contribution in [3.8, 4) is 5.69 Å². The molecule has 29 heavy (non-hydrogen) atoms. The highest BCUT2D eigenvalue weighted by atomic mass is 19.4. The van der Waals surface area contributed by atoms with Crippen molar-refractivity contribution < 1.29 is 27.5 Å². The molecule has 1 saturated heterocycles. The largest absolute Gasteiger partial charge is 0.466 e. The van der Waals surface area contributed by atoms with Gasteiger partial charge in [0, 0.05) is 13.1 Å². The molecular weight excluding hydrogens is 387 g/mol. The van der Waals surface area contributed by atoms with Gasteiger partial charge in [-0.15, -0.1) is 0 Å². The summed E-state index contributed by atoms with van der Waals surface area (Å²) in [6.07, 6.45) is -2.77. The first-order chi connectivity index (χ1) is 13.7. The van der Waals surface area contributed by atoms with E-state index in [0.29, 0.717) is 12.8 Å². The molecule has 1 fully saturated rings. The van der Waals surface area contributed by atoms with E-state index in [-0.39, 0.29) is 25.4 Å². The van der Waals surface area contributed by atoms with Gasteiger partial charge in [-0.25, -0.2) is 4.68 Å². The fraction of sp³-hybridized carbons (Fsp3) is 0.450. The Bertz CT molecular complexity index is 908. The highest BCUT2D eigenvalue weighted by molar-refractivity contribution is 5.96. The molecule has 3 rings (SSSR count). The number of amides is 1. The number of nitrogens with zero attached hydrogens (tertiary/aromatic N) is 3. The van der Waals surface area contributed by atoms with Crippen LogP contribution in [0.1, 0.15) is 41.4 Å². The molecule has 1 aliphatic rings. The number of alkyl halides is 3. The van der Waals surface area contributed by atoms with E-state index in [4.69, 9.17) is 4.74 Å². The Morgan fingerprint density at radius 2 is 2.07 bits per heavy atom. The standard InChI is InChI=1S/C20H22F3N3O3/c1-3-29-19(28)14-7-5-9-25(12-14)18(27)16-11-24-26(17(16)20(21,22)23)15-8-4-6-13(2)10-15/h4,6,8,10-11,14H,3,5,7,9,12H2,1-2H3/t14-/m0/s1. The average Bonchev–Trinajstić information content (AvgIpc) is 3.13. The minimum Gasteiger partial charge on any atom is -0.466 e. The summed E-state index contributed by atoms with van der Waals surface area (Å²) in [5.41, 5.74) is -0.651. The lowest BCUT2D eigenvalue weighted by Crippen LogP contribution is -2.43. The summed E-state index contributed by atoms with van der Waals surface area (Å²) >= 11 is 0. The Balaban J connectivity index is 1.94. The molecule has 0 radical (unpaired) electrons. The summed E-state index contributed by atoms with van der Waals surface area (Å²) in [6.45, 7) is 3.96. The Hall–Kier alpha value is -2.84. The topological polar surface area (TPSA) is 64.4 Å². The van der Waals surface area contributed by atoms with Crippen molar-refractivity contribution in [1.29, 1.82) is 0 Å². The second-order valence-corrected chi connectivity index (χ2v) is 7.00. The zero-order valence-corrected chi connectivity index (χ0v) is 16.2. The smallest absolute Gasteiger partial charge is 0.434 e. The van der Waals surface area contributed by atoms with E-state index in [9.17, 15) is 22.8 Å². The number of rotatable bonds is 4. The van der Waals surface area contributed by atoms with E-state index in [1.807, 2.05) is 0 Å². The predicted octanol–water partition coefficient (Wildman–Crippen LogP) is 3.61. The predicted molar refractivity (Wildman–Crippen MR) is 98.6 cm³/mol. The van der Waals surface area contributed by atoms with Crippen LogP contribution in [0.15, 0.2) is 30.5 Å². The van der Waals surface area contributed by atoms with Gasteiger partial charge in [0.1, 0.15) is 0 Å². The van der Waals surface area contributed by atoms with Crippen LogP contribution in [-0.2, 0) is 15.7 Å². The Morgan fingerprint density at radius 1 is 1.31 bits per heavy atom. The third kappa shape index (κ3) is 4.44. The molecule has 2 heterocycles. The number of aryl methyl sites for hydroxylation is 1. The molecule has 6 nitrogen and oxygen atoms in total. The maximum atomic E-state index is 13.9. The van der Waals surface area contributed by atoms with E-state index in [1.165, 1.54) is 11.0 Å². The number of halogens is 3. The van der Waals surface area contributed by atoms with Gasteiger partial charge in [-0.05, 0) is 44.4 Å². The minimum atomic E-state index is -4.78. The SMILES string of the molecule is CCOC(=O)[C@H]1CCCN(C(=O)c2cnn(-c3cccc(C)c3)c2C(F)(F)F)C1. The zero-order chi connectivity index (χ0) is 21.2. The lowest BCUT2D eigenvalue weighted by atomic mass is 9.97. The normalized spacial score (nSPS) is 17.3. The van der Waals surface area contributed by atoms with Crippen molar-refractivity contribution in [1.82, 2.24) is 14.7 Å². The summed E-state index contributed by atoms with van der Waals surface area (Å²) < 4.78 is 47.3. The van der Waals surface area contributed by atoms with Gasteiger partial charge in [0.25, 0.3) is 5.91 Å². The van der Waals surface area contributed by atoms with E-state index >= 15 is 0 Å². The number of piperidine rings is 1. The second-order valence-electron chi connectivity index (χ2n) is 7.00. The van der Waals surface area contributed by atoms with Crippen molar-refractivity contribution in [3.63, 3.8) is 0 Å². The van der Waals surface area contributed by atoms with E-state index < -0.39 is 35.2 Å². The quantitative estimate of drug-likeness (QED) is 0.724. The van der Waals surface area contributed by atoms with Gasteiger partial charge in [-0.1, -0.05) is 12.1 Å². The van der Waals surface area contributed by atoms with Crippen LogP contribution < -0.4 is 0 Å². The van der Waals surface area contributed by atoms with Crippen molar-refractivity contribution >= 4 is 11.9 Å². The molecule has 0 N–H and O–H groups in total. The summed E-state index contributed by atoms with van der Waals surface area (Å²) in [6, 6.07) is 6.45. The molecule has 0 saturated carbocycles. The monoisotopic (exact) mass is 409 g/mol. The number of carbonyl (C=O) groups excluding carboxylic acids is 2. The highest BCUT2D eigenvalue weighted by Gasteiger charge is 2.42. The van der Waals surface area contributed by atoms with Gasteiger partial charge >= 0.3 is 12.1 Å². The Kier molecular flexibility index (Phi) is 5.95. The number of aromatic nitrogens is 2. The second kappa shape index (κ2) is 8.26. The molecule has 1 amide bonds. The van der Waals surface area contributed by atoms with E-state index in [0.717, 1.165) is 16.4 Å². The molecule has 1 aliphatic heterocycles. The fourth-order valence-electron chi connectivity index (χ4n) is 3.52. The third-order valence-electron chi connectivity index (χ3n) is 4.84. The zero-order valence-electron chi connectivity index (χ0n) is 16.2. The van der Waals surface area contributed by atoms with Crippen LogP contribution >= 0.6 is 0 Å². The van der Waals surface area contributed by atoms with Crippen LogP contribution in [0.25, 0.3) is 5.69 Å². The number of benzene rings is 1.